The molecule has 1 saturated carbocycles. The number of ether oxygens (including phenoxy) is 1. The fourth-order valence-electron chi connectivity index (χ4n) is 4.82. The van der Waals surface area contributed by atoms with Crippen LogP contribution in [-0.4, -0.2) is 18.5 Å². The molecule has 1 unspecified atom stereocenters. The summed E-state index contributed by atoms with van der Waals surface area (Å²) in [6.45, 7) is -0.340. The van der Waals surface area contributed by atoms with E-state index in [1.807, 2.05) is 18.2 Å². The van der Waals surface area contributed by atoms with E-state index in [1.165, 1.54) is 11.6 Å². The van der Waals surface area contributed by atoms with Gasteiger partial charge in [-0.3, -0.25) is 9.59 Å². The third-order valence-electron chi connectivity index (χ3n) is 6.28. The van der Waals surface area contributed by atoms with Gasteiger partial charge in [0, 0.05) is 5.56 Å². The van der Waals surface area contributed by atoms with E-state index in [0.29, 0.717) is 18.4 Å². The Morgan fingerprint density at radius 3 is 2.55 bits per heavy atom. The van der Waals surface area contributed by atoms with Crippen molar-refractivity contribution >= 4 is 11.9 Å². The molecular weight excluding hydrogens is 369 g/mol. The largest absolute Gasteiger partial charge is 0.455 e. The number of amides is 1. The lowest BCUT2D eigenvalue weighted by Gasteiger charge is -2.28. The van der Waals surface area contributed by atoms with Gasteiger partial charge in [-0.1, -0.05) is 55.3 Å². The zero-order valence-electron chi connectivity index (χ0n) is 16.5. The van der Waals surface area contributed by atoms with Crippen LogP contribution in [0.15, 0.2) is 48.5 Å². The predicted molar refractivity (Wildman–Crippen MR) is 108 cm³/mol. The Labute approximate surface area is 170 Å². The number of halogens is 1. The molecule has 2 aliphatic rings. The molecule has 0 heterocycles. The van der Waals surface area contributed by atoms with Crippen LogP contribution < -0.4 is 5.32 Å². The zero-order valence-corrected chi connectivity index (χ0v) is 16.5. The number of aryl methyl sites for hydroxylation is 1. The quantitative estimate of drug-likeness (QED) is 0.765. The minimum atomic E-state index is -0.983. The molecule has 1 atom stereocenters. The van der Waals surface area contributed by atoms with Gasteiger partial charge < -0.3 is 10.1 Å². The monoisotopic (exact) mass is 395 g/mol. The van der Waals surface area contributed by atoms with Crippen molar-refractivity contribution in [2.45, 2.75) is 56.4 Å². The highest BCUT2D eigenvalue weighted by molar-refractivity contribution is 5.87. The lowest BCUT2D eigenvalue weighted by Crippen LogP contribution is -2.39. The first-order valence-corrected chi connectivity index (χ1v) is 10.4. The molecule has 29 heavy (non-hydrogen) atoms. The number of nitrogens with one attached hydrogen (secondary N) is 1. The van der Waals surface area contributed by atoms with Gasteiger partial charge >= 0.3 is 5.97 Å². The zero-order chi connectivity index (χ0) is 20.3. The molecule has 4 rings (SSSR count). The second-order valence-corrected chi connectivity index (χ2v) is 8.06. The number of rotatable bonds is 5. The van der Waals surface area contributed by atoms with Crippen molar-refractivity contribution < 1.29 is 18.7 Å². The SMILES string of the molecule is O=C(COC(=O)C1(c2ccccc2F)CCCC1)NC1CCCc2ccccc21. The van der Waals surface area contributed by atoms with Crippen LogP contribution in [0, 0.1) is 5.82 Å². The van der Waals surface area contributed by atoms with Crippen LogP contribution in [0.1, 0.15) is 61.3 Å². The first kappa shape index (κ1) is 19.6. The summed E-state index contributed by atoms with van der Waals surface area (Å²) in [4.78, 5) is 25.4. The number of benzene rings is 2. The first-order valence-electron chi connectivity index (χ1n) is 10.4. The number of carbonyl (C=O) groups excluding carboxylic acids is 2. The lowest BCUT2D eigenvalue weighted by molar-refractivity contribution is -0.154. The predicted octanol–water partition coefficient (Wildman–Crippen LogP) is 4.37. The third kappa shape index (κ3) is 3.91. The van der Waals surface area contributed by atoms with Gasteiger partial charge in [-0.2, -0.15) is 0 Å². The number of hydrogen-bond acceptors (Lipinski definition) is 3. The molecule has 4 nitrogen and oxygen atoms in total. The maximum Gasteiger partial charge on any atom is 0.317 e. The van der Waals surface area contributed by atoms with Gasteiger partial charge in [0.25, 0.3) is 5.91 Å². The number of hydrogen-bond donors (Lipinski definition) is 1. The summed E-state index contributed by atoms with van der Waals surface area (Å²) < 4.78 is 19.8. The Hall–Kier alpha value is -2.69. The van der Waals surface area contributed by atoms with Crippen molar-refractivity contribution in [1.29, 1.82) is 0 Å². The summed E-state index contributed by atoms with van der Waals surface area (Å²) in [5.41, 5.74) is 1.79. The van der Waals surface area contributed by atoms with E-state index in [-0.39, 0.29) is 18.6 Å². The van der Waals surface area contributed by atoms with Gasteiger partial charge in [-0.15, -0.1) is 0 Å². The molecule has 1 N–H and O–H groups in total. The van der Waals surface area contributed by atoms with Gasteiger partial charge in [0.15, 0.2) is 6.61 Å². The molecule has 0 saturated heterocycles. The Morgan fingerprint density at radius 1 is 1.03 bits per heavy atom. The highest BCUT2D eigenvalue weighted by Gasteiger charge is 2.46. The van der Waals surface area contributed by atoms with Crippen molar-refractivity contribution in [3.8, 4) is 0 Å². The van der Waals surface area contributed by atoms with E-state index in [0.717, 1.165) is 37.7 Å². The second-order valence-electron chi connectivity index (χ2n) is 8.06. The molecule has 2 aliphatic carbocycles. The molecule has 2 aromatic carbocycles. The van der Waals surface area contributed by atoms with Crippen LogP contribution in [0.25, 0.3) is 0 Å². The summed E-state index contributed by atoms with van der Waals surface area (Å²) in [5, 5.41) is 2.99. The fraction of sp³-hybridized carbons (Fsp3) is 0.417. The number of carbonyl (C=O) groups is 2. The summed E-state index contributed by atoms with van der Waals surface area (Å²) in [6.07, 6.45) is 5.68. The molecule has 0 bridgehead atoms. The van der Waals surface area contributed by atoms with E-state index in [1.54, 1.807) is 18.2 Å². The van der Waals surface area contributed by atoms with Gasteiger partial charge in [-0.05, 0) is 49.3 Å². The molecule has 5 heteroatoms. The first-order chi connectivity index (χ1) is 14.1. The van der Waals surface area contributed by atoms with Crippen molar-refractivity contribution in [1.82, 2.24) is 5.32 Å². The van der Waals surface area contributed by atoms with Crippen molar-refractivity contribution in [2.75, 3.05) is 6.61 Å². The summed E-state index contributed by atoms with van der Waals surface area (Å²) >= 11 is 0. The molecule has 1 fully saturated rings. The molecule has 1 amide bonds. The van der Waals surface area contributed by atoms with Gasteiger partial charge in [0.05, 0.1) is 11.5 Å². The Kier molecular flexibility index (Phi) is 5.65. The summed E-state index contributed by atoms with van der Waals surface area (Å²) in [7, 11) is 0. The van der Waals surface area contributed by atoms with Crippen LogP contribution >= 0.6 is 0 Å². The standard InChI is InChI=1S/C24H26FNO3/c25-20-12-4-3-11-19(20)24(14-5-6-15-24)23(28)29-16-22(27)26-21-13-7-9-17-8-1-2-10-18(17)21/h1-4,8,10-12,21H,5-7,9,13-16H2,(H,26,27). The third-order valence-corrected chi connectivity index (χ3v) is 6.28. The normalized spacial score (nSPS) is 20.0. The second kappa shape index (κ2) is 8.36. The summed E-state index contributed by atoms with van der Waals surface area (Å²) in [6, 6.07) is 14.4. The Balaban J connectivity index is 1.41. The van der Waals surface area contributed by atoms with Crippen molar-refractivity contribution in [2.24, 2.45) is 0 Å². The molecule has 2 aromatic rings. The van der Waals surface area contributed by atoms with E-state index in [2.05, 4.69) is 11.4 Å². The van der Waals surface area contributed by atoms with Crippen molar-refractivity contribution in [3.05, 3.63) is 71.0 Å². The average Bonchev–Trinajstić information content (AvgIpc) is 3.24. The minimum Gasteiger partial charge on any atom is -0.455 e. The average molecular weight is 395 g/mol. The van der Waals surface area contributed by atoms with Crippen LogP contribution in [-0.2, 0) is 26.2 Å². The lowest BCUT2D eigenvalue weighted by atomic mass is 9.78. The number of fused-ring (bicyclic) bond motifs is 1. The Morgan fingerprint density at radius 2 is 1.76 bits per heavy atom. The topological polar surface area (TPSA) is 55.4 Å². The molecule has 0 aromatic heterocycles. The van der Waals surface area contributed by atoms with Crippen molar-refractivity contribution in [3.63, 3.8) is 0 Å². The van der Waals surface area contributed by atoms with E-state index in [4.69, 9.17) is 4.74 Å². The molecule has 0 radical (unpaired) electrons. The fourth-order valence-corrected chi connectivity index (χ4v) is 4.82. The van der Waals surface area contributed by atoms with Crippen LogP contribution in [0.3, 0.4) is 0 Å². The maximum atomic E-state index is 14.4. The molecule has 152 valence electrons. The van der Waals surface area contributed by atoms with Crippen LogP contribution in [0.4, 0.5) is 4.39 Å². The number of esters is 1. The van der Waals surface area contributed by atoms with Gasteiger partial charge in [-0.25, -0.2) is 4.39 Å². The maximum absolute atomic E-state index is 14.4. The minimum absolute atomic E-state index is 0.0573. The highest BCUT2D eigenvalue weighted by Crippen LogP contribution is 2.43. The smallest absolute Gasteiger partial charge is 0.317 e. The van der Waals surface area contributed by atoms with E-state index in [9.17, 15) is 14.0 Å². The highest BCUT2D eigenvalue weighted by atomic mass is 19.1. The Bertz CT molecular complexity index is 905. The summed E-state index contributed by atoms with van der Waals surface area (Å²) in [5.74, 6) is -1.21. The van der Waals surface area contributed by atoms with E-state index < -0.39 is 17.2 Å². The van der Waals surface area contributed by atoms with Gasteiger partial charge in [0.2, 0.25) is 0 Å². The molecular formula is C24H26FNO3. The van der Waals surface area contributed by atoms with Crippen LogP contribution in [0.2, 0.25) is 0 Å². The van der Waals surface area contributed by atoms with Crippen LogP contribution in [0.5, 0.6) is 0 Å². The van der Waals surface area contributed by atoms with Gasteiger partial charge in [0.1, 0.15) is 5.82 Å². The molecule has 0 spiro atoms. The van der Waals surface area contributed by atoms with E-state index >= 15 is 0 Å². The molecule has 0 aliphatic heterocycles.